The Morgan fingerprint density at radius 2 is 2.07 bits per heavy atom. The molecule has 1 aromatic rings. The molecule has 1 aliphatic rings. The van der Waals surface area contributed by atoms with E-state index in [1.165, 1.54) is 0 Å². The third-order valence-electron chi connectivity index (χ3n) is 5.32. The van der Waals surface area contributed by atoms with Gasteiger partial charge in [-0.25, -0.2) is 9.78 Å². The summed E-state index contributed by atoms with van der Waals surface area (Å²) in [7, 11) is 1.80. The molecule has 1 amide bonds. The van der Waals surface area contributed by atoms with E-state index in [1.807, 2.05) is 39.5 Å². The van der Waals surface area contributed by atoms with Gasteiger partial charge < -0.3 is 24.8 Å². The molecule has 1 saturated heterocycles. The van der Waals surface area contributed by atoms with Gasteiger partial charge in [-0.3, -0.25) is 4.99 Å². The molecule has 0 spiro atoms. The molecule has 0 bridgehead atoms. The lowest BCUT2D eigenvalue weighted by molar-refractivity contribution is 0.0491. The van der Waals surface area contributed by atoms with E-state index >= 15 is 0 Å². The molecule has 2 N–H and O–H groups in total. The number of rotatable bonds is 5. The molecule has 9 heteroatoms. The van der Waals surface area contributed by atoms with Gasteiger partial charge in [0, 0.05) is 39.1 Å². The number of piperidine rings is 1. The molecule has 30 heavy (non-hydrogen) atoms. The molecule has 172 valence electrons. The Morgan fingerprint density at radius 3 is 2.60 bits per heavy atom. The minimum Gasteiger partial charge on any atom is -0.444 e. The Bertz CT molecular complexity index is 672. The van der Waals surface area contributed by atoms with Crippen molar-refractivity contribution in [1.82, 2.24) is 25.1 Å². The zero-order valence-corrected chi connectivity index (χ0v) is 21.7. The van der Waals surface area contributed by atoms with Crippen molar-refractivity contribution >= 4 is 36.0 Å². The van der Waals surface area contributed by atoms with Gasteiger partial charge in [-0.1, -0.05) is 20.8 Å². The van der Waals surface area contributed by atoms with Crippen LogP contribution in [-0.2, 0) is 4.74 Å². The third-order valence-corrected chi connectivity index (χ3v) is 5.32. The van der Waals surface area contributed by atoms with Gasteiger partial charge in [-0.05, 0) is 39.0 Å². The molecular weight excluding hydrogens is 495 g/mol. The molecule has 2 heterocycles. The number of hydrogen-bond donors (Lipinski definition) is 2. The second-order valence-electron chi connectivity index (χ2n) is 9.21. The lowest BCUT2D eigenvalue weighted by Crippen LogP contribution is -2.53. The summed E-state index contributed by atoms with van der Waals surface area (Å²) in [6, 6.07) is 0.306. The summed E-state index contributed by atoms with van der Waals surface area (Å²) in [5, 5.41) is 6.43. The topological polar surface area (TPSA) is 83.8 Å². The lowest BCUT2D eigenvalue weighted by Gasteiger charge is -2.39. The standard InChI is InChI=1S/C21H38N6O2.HI/c1-15(2)17(25-20(28)29-21(4,5)6)12-24-19(22-7)26-10-8-16(3)18(13-26)27-11-9-23-14-27;/h9,11,14-18H,8,10,12-13H2,1-7H3,(H,22,24)(H,25,28);1H. The Kier molecular flexibility index (Phi) is 10.4. The van der Waals surface area contributed by atoms with Crippen LogP contribution in [-0.4, -0.2) is 64.8 Å². The van der Waals surface area contributed by atoms with Crippen LogP contribution in [0.5, 0.6) is 0 Å². The zero-order chi connectivity index (χ0) is 21.6. The van der Waals surface area contributed by atoms with Gasteiger partial charge in [0.15, 0.2) is 5.96 Å². The second-order valence-corrected chi connectivity index (χ2v) is 9.21. The van der Waals surface area contributed by atoms with Crippen molar-refractivity contribution in [2.75, 3.05) is 26.7 Å². The molecule has 1 aromatic heterocycles. The highest BCUT2D eigenvalue weighted by molar-refractivity contribution is 14.0. The number of nitrogens with one attached hydrogen (secondary N) is 2. The molecule has 1 fully saturated rings. The van der Waals surface area contributed by atoms with E-state index in [4.69, 9.17) is 4.74 Å². The fourth-order valence-corrected chi connectivity index (χ4v) is 3.54. The van der Waals surface area contributed by atoms with Crippen molar-refractivity contribution in [3.05, 3.63) is 18.7 Å². The van der Waals surface area contributed by atoms with E-state index in [0.717, 1.165) is 25.5 Å². The number of halogens is 1. The van der Waals surface area contributed by atoms with Crippen molar-refractivity contribution in [2.45, 2.75) is 65.6 Å². The fourth-order valence-electron chi connectivity index (χ4n) is 3.54. The van der Waals surface area contributed by atoms with Crippen LogP contribution in [0.2, 0.25) is 0 Å². The number of aromatic nitrogens is 2. The highest BCUT2D eigenvalue weighted by Crippen LogP contribution is 2.27. The van der Waals surface area contributed by atoms with Gasteiger partial charge in [0.05, 0.1) is 18.4 Å². The normalized spacial score (nSPS) is 21.1. The van der Waals surface area contributed by atoms with Crippen molar-refractivity contribution in [1.29, 1.82) is 0 Å². The molecule has 2 rings (SSSR count). The summed E-state index contributed by atoms with van der Waals surface area (Å²) >= 11 is 0. The number of likely N-dealkylation sites (tertiary alicyclic amines) is 1. The number of carbonyl (C=O) groups is 1. The number of carbonyl (C=O) groups excluding carboxylic acids is 1. The SMILES string of the molecule is CN=C(NCC(NC(=O)OC(C)(C)C)C(C)C)N1CCC(C)C(n2ccnc2)C1.I. The van der Waals surface area contributed by atoms with E-state index in [9.17, 15) is 4.79 Å². The Hall–Kier alpha value is -1.52. The van der Waals surface area contributed by atoms with Crippen LogP contribution in [0.1, 0.15) is 54.0 Å². The van der Waals surface area contributed by atoms with E-state index in [0.29, 0.717) is 18.5 Å². The van der Waals surface area contributed by atoms with Crippen LogP contribution in [0.4, 0.5) is 4.79 Å². The summed E-state index contributed by atoms with van der Waals surface area (Å²) in [6.07, 6.45) is 6.45. The molecule has 0 aliphatic carbocycles. The van der Waals surface area contributed by atoms with Gasteiger partial charge in [-0.15, -0.1) is 24.0 Å². The maximum Gasteiger partial charge on any atom is 0.407 e. The third kappa shape index (κ3) is 7.96. The summed E-state index contributed by atoms with van der Waals surface area (Å²) in [5.74, 6) is 1.70. The number of hydrogen-bond acceptors (Lipinski definition) is 4. The maximum atomic E-state index is 12.2. The van der Waals surface area contributed by atoms with E-state index in [2.05, 4.69) is 50.8 Å². The number of imidazole rings is 1. The monoisotopic (exact) mass is 534 g/mol. The Morgan fingerprint density at radius 1 is 1.37 bits per heavy atom. The average Bonchev–Trinajstić information content (AvgIpc) is 3.15. The zero-order valence-electron chi connectivity index (χ0n) is 19.4. The molecule has 0 radical (unpaired) electrons. The highest BCUT2D eigenvalue weighted by atomic mass is 127. The molecule has 0 saturated carbocycles. The van der Waals surface area contributed by atoms with E-state index in [-0.39, 0.29) is 42.0 Å². The average molecular weight is 534 g/mol. The van der Waals surface area contributed by atoms with E-state index < -0.39 is 5.60 Å². The molecular formula is C21H39IN6O2. The number of guanidine groups is 1. The first kappa shape index (κ1) is 26.5. The Balaban J connectivity index is 0.00000450. The van der Waals surface area contributed by atoms with Crippen molar-refractivity contribution < 1.29 is 9.53 Å². The van der Waals surface area contributed by atoms with Crippen LogP contribution in [0, 0.1) is 11.8 Å². The number of alkyl carbamates (subject to hydrolysis) is 1. The minimum absolute atomic E-state index is 0. The number of ether oxygens (including phenoxy) is 1. The van der Waals surface area contributed by atoms with Crippen LogP contribution in [0.25, 0.3) is 0 Å². The maximum absolute atomic E-state index is 12.2. The van der Waals surface area contributed by atoms with Gasteiger partial charge >= 0.3 is 6.09 Å². The molecule has 8 nitrogen and oxygen atoms in total. The first-order valence-corrected chi connectivity index (χ1v) is 10.5. The second kappa shape index (κ2) is 11.8. The number of aliphatic imine (C=N–C) groups is 1. The summed E-state index contributed by atoms with van der Waals surface area (Å²) in [4.78, 5) is 23.2. The Labute approximate surface area is 198 Å². The first-order valence-electron chi connectivity index (χ1n) is 10.5. The smallest absolute Gasteiger partial charge is 0.407 e. The lowest BCUT2D eigenvalue weighted by atomic mass is 9.93. The summed E-state index contributed by atoms with van der Waals surface area (Å²) < 4.78 is 7.59. The van der Waals surface area contributed by atoms with Crippen molar-refractivity contribution in [3.63, 3.8) is 0 Å². The van der Waals surface area contributed by atoms with Gasteiger partial charge in [-0.2, -0.15) is 0 Å². The van der Waals surface area contributed by atoms with Crippen molar-refractivity contribution in [2.24, 2.45) is 16.8 Å². The van der Waals surface area contributed by atoms with Crippen LogP contribution < -0.4 is 10.6 Å². The fraction of sp³-hybridized carbons (Fsp3) is 0.762. The molecule has 3 unspecified atom stereocenters. The van der Waals surface area contributed by atoms with E-state index in [1.54, 1.807) is 7.05 Å². The van der Waals surface area contributed by atoms with Gasteiger partial charge in [0.25, 0.3) is 0 Å². The highest BCUT2D eigenvalue weighted by Gasteiger charge is 2.29. The quantitative estimate of drug-likeness (QED) is 0.343. The number of nitrogens with zero attached hydrogens (tertiary/aromatic N) is 4. The molecule has 1 aliphatic heterocycles. The van der Waals surface area contributed by atoms with Gasteiger partial charge in [0.2, 0.25) is 0 Å². The minimum atomic E-state index is -0.512. The summed E-state index contributed by atoms with van der Waals surface area (Å²) in [5.41, 5.74) is -0.512. The first-order chi connectivity index (χ1) is 13.6. The van der Waals surface area contributed by atoms with Crippen LogP contribution in [0.3, 0.4) is 0 Å². The van der Waals surface area contributed by atoms with Gasteiger partial charge in [0.1, 0.15) is 5.60 Å². The molecule has 3 atom stereocenters. The van der Waals surface area contributed by atoms with Crippen LogP contribution >= 0.6 is 24.0 Å². The predicted octanol–water partition coefficient (Wildman–Crippen LogP) is 3.51. The van der Waals surface area contributed by atoms with Crippen molar-refractivity contribution in [3.8, 4) is 0 Å². The summed E-state index contributed by atoms with van der Waals surface area (Å²) in [6.45, 7) is 14.5. The largest absolute Gasteiger partial charge is 0.444 e. The molecule has 0 aromatic carbocycles. The number of amides is 1. The van der Waals surface area contributed by atoms with Crippen LogP contribution in [0.15, 0.2) is 23.7 Å². The predicted molar refractivity (Wildman–Crippen MR) is 131 cm³/mol.